The van der Waals surface area contributed by atoms with Gasteiger partial charge in [0.1, 0.15) is 10.8 Å². The summed E-state index contributed by atoms with van der Waals surface area (Å²) in [6, 6.07) is 16.3. The lowest BCUT2D eigenvalue weighted by Crippen LogP contribution is -2.25. The van der Waals surface area contributed by atoms with Gasteiger partial charge in [0.05, 0.1) is 39.1 Å². The summed E-state index contributed by atoms with van der Waals surface area (Å²) in [7, 11) is 3.17. The van der Waals surface area contributed by atoms with Crippen LogP contribution in [-0.2, 0) is 24.3 Å². The molecule has 4 rings (SSSR count). The van der Waals surface area contributed by atoms with Crippen LogP contribution in [0.4, 0.5) is 0 Å². The molecule has 0 bridgehead atoms. The number of methoxy groups -OCH3 is 2. The molecule has 0 saturated heterocycles. The van der Waals surface area contributed by atoms with Gasteiger partial charge in [0.25, 0.3) is 5.91 Å². The average Bonchev–Trinajstić information content (AvgIpc) is 3.58. The van der Waals surface area contributed by atoms with Crippen LogP contribution in [-0.4, -0.2) is 31.0 Å². The van der Waals surface area contributed by atoms with E-state index >= 15 is 0 Å². The Labute approximate surface area is 206 Å². The molecule has 0 radical (unpaired) electrons. The molecule has 0 aliphatic carbocycles. The number of benzene rings is 2. The van der Waals surface area contributed by atoms with Crippen molar-refractivity contribution in [2.45, 2.75) is 19.5 Å². The van der Waals surface area contributed by atoms with Crippen molar-refractivity contribution in [2.75, 3.05) is 14.2 Å². The third kappa shape index (κ3) is 6.27. The van der Waals surface area contributed by atoms with Gasteiger partial charge in [-0.1, -0.05) is 12.1 Å². The number of carbonyl (C=O) groups excluding carboxylic acids is 2. The van der Waals surface area contributed by atoms with Gasteiger partial charge in [-0.25, -0.2) is 4.98 Å². The van der Waals surface area contributed by atoms with Gasteiger partial charge in [0.15, 0.2) is 11.5 Å². The lowest BCUT2D eigenvalue weighted by atomic mass is 10.1. The van der Waals surface area contributed by atoms with Gasteiger partial charge in [0, 0.05) is 23.1 Å². The molecule has 9 heteroatoms. The summed E-state index contributed by atoms with van der Waals surface area (Å²) < 4.78 is 15.9. The smallest absolute Gasteiger partial charge is 0.251 e. The fourth-order valence-corrected chi connectivity index (χ4v) is 4.24. The molecule has 2 N–H and O–H groups in total. The minimum Gasteiger partial charge on any atom is -0.493 e. The van der Waals surface area contributed by atoms with E-state index in [9.17, 15) is 9.59 Å². The number of hydrogen-bond donors (Lipinski definition) is 2. The fraction of sp³-hybridized carbons (Fsp3) is 0.192. The zero-order chi connectivity index (χ0) is 24.6. The first-order chi connectivity index (χ1) is 17.1. The number of thiazole rings is 1. The predicted octanol–water partition coefficient (Wildman–Crippen LogP) is 4.21. The standard InChI is InChI=1S/C26H25N3O5S/c1-32-22-9-8-19(12-23(22)33-2)26-29-20(16-35-26)13-24(30)27-14-17-5-3-6-18(11-17)25(31)28-15-21-7-4-10-34-21/h3-12,16H,13-15H2,1-2H3,(H,27,30)(H,28,31). The molecular weight excluding hydrogens is 466 g/mol. The lowest BCUT2D eigenvalue weighted by molar-refractivity contribution is -0.120. The van der Waals surface area contributed by atoms with Crippen LogP contribution in [0.25, 0.3) is 10.6 Å². The van der Waals surface area contributed by atoms with Gasteiger partial charge in [-0.15, -0.1) is 11.3 Å². The van der Waals surface area contributed by atoms with Crippen molar-refractivity contribution in [3.05, 3.63) is 88.8 Å². The third-order valence-corrected chi connectivity index (χ3v) is 6.15. The number of amides is 2. The normalized spacial score (nSPS) is 10.6. The number of aromatic nitrogens is 1. The zero-order valence-electron chi connectivity index (χ0n) is 19.4. The fourth-order valence-electron chi connectivity index (χ4n) is 3.42. The first-order valence-electron chi connectivity index (χ1n) is 10.9. The molecular formula is C26H25N3O5S. The predicted molar refractivity (Wildman–Crippen MR) is 133 cm³/mol. The highest BCUT2D eigenvalue weighted by Crippen LogP contribution is 2.33. The van der Waals surface area contributed by atoms with E-state index in [1.807, 2.05) is 29.6 Å². The summed E-state index contributed by atoms with van der Waals surface area (Å²) in [5, 5.41) is 8.37. The molecule has 2 aromatic carbocycles. The maximum Gasteiger partial charge on any atom is 0.251 e. The van der Waals surface area contributed by atoms with Gasteiger partial charge in [-0.3, -0.25) is 9.59 Å². The van der Waals surface area contributed by atoms with E-state index in [1.54, 1.807) is 50.8 Å². The minimum absolute atomic E-state index is 0.151. The van der Waals surface area contributed by atoms with E-state index < -0.39 is 0 Å². The van der Waals surface area contributed by atoms with Crippen molar-refractivity contribution in [3.63, 3.8) is 0 Å². The molecule has 0 spiro atoms. The van der Waals surface area contributed by atoms with E-state index in [0.717, 1.165) is 16.1 Å². The second-order valence-corrected chi connectivity index (χ2v) is 8.49. The van der Waals surface area contributed by atoms with Crippen LogP contribution < -0.4 is 20.1 Å². The van der Waals surface area contributed by atoms with Crippen LogP contribution in [0.5, 0.6) is 11.5 Å². The molecule has 0 aliphatic heterocycles. The van der Waals surface area contributed by atoms with Gasteiger partial charge in [-0.2, -0.15) is 0 Å². The van der Waals surface area contributed by atoms with Crippen LogP contribution in [0.1, 0.15) is 27.4 Å². The van der Waals surface area contributed by atoms with E-state index in [0.29, 0.717) is 41.6 Å². The Balaban J connectivity index is 1.31. The van der Waals surface area contributed by atoms with Crippen molar-refractivity contribution in [2.24, 2.45) is 0 Å². The molecule has 2 aromatic heterocycles. The number of ether oxygens (including phenoxy) is 2. The van der Waals surface area contributed by atoms with Crippen molar-refractivity contribution >= 4 is 23.2 Å². The average molecular weight is 492 g/mol. The van der Waals surface area contributed by atoms with E-state index in [4.69, 9.17) is 13.9 Å². The molecule has 180 valence electrons. The van der Waals surface area contributed by atoms with Crippen LogP contribution >= 0.6 is 11.3 Å². The Bertz CT molecular complexity index is 1300. The van der Waals surface area contributed by atoms with Crippen LogP contribution in [0, 0.1) is 0 Å². The van der Waals surface area contributed by atoms with Crippen LogP contribution in [0.2, 0.25) is 0 Å². The van der Waals surface area contributed by atoms with Crippen molar-refractivity contribution in [1.29, 1.82) is 0 Å². The Morgan fingerprint density at radius 1 is 0.971 bits per heavy atom. The molecule has 35 heavy (non-hydrogen) atoms. The first kappa shape index (κ1) is 24.0. The molecule has 0 unspecified atom stereocenters. The Morgan fingerprint density at radius 3 is 2.60 bits per heavy atom. The summed E-state index contributed by atoms with van der Waals surface area (Å²) in [6.07, 6.45) is 1.72. The summed E-state index contributed by atoms with van der Waals surface area (Å²) in [4.78, 5) is 29.5. The largest absolute Gasteiger partial charge is 0.493 e. The third-order valence-electron chi connectivity index (χ3n) is 5.21. The minimum atomic E-state index is -0.209. The summed E-state index contributed by atoms with van der Waals surface area (Å²) in [6.45, 7) is 0.622. The lowest BCUT2D eigenvalue weighted by Gasteiger charge is -2.08. The quantitative estimate of drug-likeness (QED) is 0.345. The van der Waals surface area contributed by atoms with Crippen molar-refractivity contribution in [3.8, 4) is 22.1 Å². The number of rotatable bonds is 10. The number of nitrogens with one attached hydrogen (secondary N) is 2. The van der Waals surface area contributed by atoms with E-state index in [1.165, 1.54) is 11.3 Å². The maximum absolute atomic E-state index is 12.5. The zero-order valence-corrected chi connectivity index (χ0v) is 20.2. The van der Waals surface area contributed by atoms with E-state index in [-0.39, 0.29) is 18.2 Å². The highest BCUT2D eigenvalue weighted by Gasteiger charge is 2.12. The molecule has 2 heterocycles. The Kier molecular flexibility index (Phi) is 7.79. The molecule has 0 aliphatic rings. The van der Waals surface area contributed by atoms with E-state index in [2.05, 4.69) is 15.6 Å². The SMILES string of the molecule is COc1ccc(-c2nc(CC(=O)NCc3cccc(C(=O)NCc4ccco4)c3)cs2)cc1OC. The number of hydrogen-bond acceptors (Lipinski definition) is 7. The van der Waals surface area contributed by atoms with Gasteiger partial charge in [0.2, 0.25) is 5.91 Å². The Hall–Kier alpha value is -4.11. The summed E-state index contributed by atoms with van der Waals surface area (Å²) >= 11 is 1.46. The van der Waals surface area contributed by atoms with Crippen LogP contribution in [0.15, 0.2) is 70.7 Å². The second-order valence-electron chi connectivity index (χ2n) is 7.63. The molecule has 0 fully saturated rings. The van der Waals surface area contributed by atoms with Crippen LogP contribution in [0.3, 0.4) is 0 Å². The molecule has 4 aromatic rings. The molecule has 0 atom stereocenters. The monoisotopic (exact) mass is 491 g/mol. The highest BCUT2D eigenvalue weighted by atomic mass is 32.1. The van der Waals surface area contributed by atoms with Gasteiger partial charge < -0.3 is 24.5 Å². The molecule has 8 nitrogen and oxygen atoms in total. The molecule has 0 saturated carbocycles. The maximum atomic E-state index is 12.5. The topological polar surface area (TPSA) is 103 Å². The summed E-state index contributed by atoms with van der Waals surface area (Å²) in [5.41, 5.74) is 2.92. The van der Waals surface area contributed by atoms with Gasteiger partial charge >= 0.3 is 0 Å². The molecule has 2 amide bonds. The van der Waals surface area contributed by atoms with Crippen molar-refractivity contribution in [1.82, 2.24) is 15.6 Å². The van der Waals surface area contributed by atoms with Crippen molar-refractivity contribution < 1.29 is 23.5 Å². The van der Waals surface area contributed by atoms with Gasteiger partial charge in [-0.05, 0) is 48.0 Å². The first-order valence-corrected chi connectivity index (χ1v) is 11.8. The number of carbonyl (C=O) groups is 2. The Morgan fingerprint density at radius 2 is 1.83 bits per heavy atom. The summed E-state index contributed by atoms with van der Waals surface area (Å²) in [5.74, 6) is 1.59. The number of nitrogens with zero attached hydrogens (tertiary/aromatic N) is 1. The highest BCUT2D eigenvalue weighted by molar-refractivity contribution is 7.13. The number of furan rings is 1. The second kappa shape index (κ2) is 11.3.